The fourth-order valence-electron chi connectivity index (χ4n) is 2.55. The van der Waals surface area contributed by atoms with Gasteiger partial charge in [-0.25, -0.2) is 0 Å². The van der Waals surface area contributed by atoms with Crippen LogP contribution in [-0.4, -0.2) is 60.8 Å². The lowest BCUT2D eigenvalue weighted by Crippen LogP contribution is -2.29. The minimum absolute atomic E-state index is 0.0349. The molecule has 0 bridgehead atoms. The molecule has 0 saturated heterocycles. The van der Waals surface area contributed by atoms with E-state index in [-0.39, 0.29) is 13.2 Å². The molecule has 7 N–H and O–H groups in total. The molecular weight excluding hydrogens is 332 g/mol. The van der Waals surface area contributed by atoms with Crippen LogP contribution in [0.5, 0.6) is 0 Å². The van der Waals surface area contributed by atoms with Crippen LogP contribution in [0.15, 0.2) is 48.5 Å². The fraction of sp³-hybridized carbons (Fsp3) is 0.368. The smallest absolute Gasteiger partial charge is 0.0884 e. The van der Waals surface area contributed by atoms with Crippen LogP contribution in [0.1, 0.15) is 0 Å². The molecule has 0 aromatic heterocycles. The number of nitrogens with zero attached hydrogens (tertiary/aromatic N) is 1. The molecular formula is C19H28N4O3. The maximum atomic E-state index is 10.1. The summed E-state index contributed by atoms with van der Waals surface area (Å²) >= 11 is 0. The van der Waals surface area contributed by atoms with Crippen molar-refractivity contribution in [1.29, 1.82) is 0 Å². The van der Waals surface area contributed by atoms with Gasteiger partial charge in [-0.3, -0.25) is 0 Å². The molecule has 0 aliphatic heterocycles. The van der Waals surface area contributed by atoms with Crippen molar-refractivity contribution in [3.05, 3.63) is 48.5 Å². The maximum Gasteiger partial charge on any atom is 0.0884 e. The highest BCUT2D eigenvalue weighted by molar-refractivity contribution is 5.55. The summed E-state index contributed by atoms with van der Waals surface area (Å²) < 4.78 is 0. The number of hydrogen-bond acceptors (Lipinski definition) is 7. The molecule has 26 heavy (non-hydrogen) atoms. The zero-order valence-electron chi connectivity index (χ0n) is 14.8. The summed E-state index contributed by atoms with van der Waals surface area (Å²) in [6, 6.07) is 15.0. The summed E-state index contributed by atoms with van der Waals surface area (Å²) in [5.74, 6) is 0. The first-order valence-electron chi connectivity index (χ1n) is 8.70. The highest BCUT2D eigenvalue weighted by Gasteiger charge is 2.07. The lowest BCUT2D eigenvalue weighted by Gasteiger charge is -2.23. The molecule has 2 aromatic carbocycles. The molecule has 0 heterocycles. The predicted octanol–water partition coefficient (Wildman–Crippen LogP) is 0.945. The molecule has 1 atom stereocenters. The Bertz CT molecular complexity index is 628. The van der Waals surface area contributed by atoms with Crippen LogP contribution >= 0.6 is 0 Å². The van der Waals surface area contributed by atoms with E-state index in [1.807, 2.05) is 53.4 Å². The molecule has 0 radical (unpaired) electrons. The Morgan fingerprint density at radius 3 is 1.73 bits per heavy atom. The summed E-state index contributed by atoms with van der Waals surface area (Å²) in [4.78, 5) is 1.91. The van der Waals surface area contributed by atoms with Gasteiger partial charge in [0, 0.05) is 48.9 Å². The topological polar surface area (TPSA) is 114 Å². The van der Waals surface area contributed by atoms with E-state index >= 15 is 0 Å². The average molecular weight is 360 g/mol. The quantitative estimate of drug-likeness (QED) is 0.331. The van der Waals surface area contributed by atoms with Crippen LogP contribution in [0, 0.1) is 0 Å². The number of hydrogen-bond donors (Lipinski definition) is 6. The van der Waals surface area contributed by atoms with E-state index in [1.165, 1.54) is 0 Å². The third-order valence-corrected chi connectivity index (χ3v) is 3.97. The lowest BCUT2D eigenvalue weighted by molar-refractivity contribution is 0.201. The van der Waals surface area contributed by atoms with E-state index in [0.717, 1.165) is 17.1 Å². The summed E-state index contributed by atoms with van der Waals surface area (Å²) in [6.45, 7) is 1.86. The number of anilines is 4. The highest BCUT2D eigenvalue weighted by Crippen LogP contribution is 2.17. The van der Waals surface area contributed by atoms with Gasteiger partial charge < -0.3 is 36.6 Å². The van der Waals surface area contributed by atoms with Crippen molar-refractivity contribution in [2.75, 3.05) is 60.7 Å². The molecule has 2 aromatic rings. The van der Waals surface area contributed by atoms with Gasteiger partial charge >= 0.3 is 0 Å². The zero-order chi connectivity index (χ0) is 18.8. The Morgan fingerprint density at radius 1 is 0.808 bits per heavy atom. The number of nitrogen functional groups attached to an aromatic ring is 1. The van der Waals surface area contributed by atoms with E-state index in [9.17, 15) is 5.11 Å². The summed E-state index contributed by atoms with van der Waals surface area (Å²) in [5.41, 5.74) is 9.09. The molecule has 142 valence electrons. The number of rotatable bonds is 11. The SMILES string of the molecule is Nc1ccc(NCC(O)CNc2ccc(N(CCO)CCO)cc2)cc1. The van der Waals surface area contributed by atoms with Crippen molar-refractivity contribution in [3.63, 3.8) is 0 Å². The molecule has 0 aliphatic carbocycles. The molecule has 1 unspecified atom stereocenters. The van der Waals surface area contributed by atoms with Gasteiger partial charge in [-0.2, -0.15) is 0 Å². The second-order valence-corrected chi connectivity index (χ2v) is 6.02. The van der Waals surface area contributed by atoms with Crippen molar-refractivity contribution in [3.8, 4) is 0 Å². The molecule has 7 nitrogen and oxygen atoms in total. The van der Waals surface area contributed by atoms with E-state index in [1.54, 1.807) is 0 Å². The van der Waals surface area contributed by atoms with E-state index in [0.29, 0.717) is 31.9 Å². The number of aliphatic hydroxyl groups excluding tert-OH is 3. The van der Waals surface area contributed by atoms with Crippen molar-refractivity contribution in [2.45, 2.75) is 6.10 Å². The Morgan fingerprint density at radius 2 is 1.27 bits per heavy atom. The van der Waals surface area contributed by atoms with Gasteiger partial charge in [0.05, 0.1) is 19.3 Å². The van der Waals surface area contributed by atoms with Crippen LogP contribution in [0.25, 0.3) is 0 Å². The second-order valence-electron chi connectivity index (χ2n) is 6.02. The van der Waals surface area contributed by atoms with Gasteiger partial charge in [-0.15, -0.1) is 0 Å². The Labute approximate surface area is 154 Å². The standard InChI is InChI=1S/C19H28N4O3/c20-15-1-3-16(4-2-15)21-13-19(26)14-22-17-5-7-18(8-6-17)23(9-11-24)10-12-25/h1-8,19,21-22,24-26H,9-14,20H2. The normalized spacial score (nSPS) is 11.8. The third kappa shape index (κ3) is 6.44. The number of aliphatic hydroxyl groups is 3. The molecule has 7 heteroatoms. The van der Waals surface area contributed by atoms with Crippen LogP contribution in [0.2, 0.25) is 0 Å². The Hall–Kier alpha value is -2.48. The molecule has 2 rings (SSSR count). The van der Waals surface area contributed by atoms with Crippen LogP contribution in [0.3, 0.4) is 0 Å². The van der Waals surface area contributed by atoms with E-state index < -0.39 is 6.10 Å². The van der Waals surface area contributed by atoms with Crippen molar-refractivity contribution in [1.82, 2.24) is 0 Å². The maximum absolute atomic E-state index is 10.1. The Balaban J connectivity index is 1.78. The highest BCUT2D eigenvalue weighted by atomic mass is 16.3. The van der Waals surface area contributed by atoms with Crippen LogP contribution in [0.4, 0.5) is 22.7 Å². The molecule has 0 saturated carbocycles. The minimum atomic E-state index is -0.549. The first kappa shape index (κ1) is 19.8. The van der Waals surface area contributed by atoms with Gasteiger partial charge in [0.2, 0.25) is 0 Å². The van der Waals surface area contributed by atoms with E-state index in [4.69, 9.17) is 15.9 Å². The molecule has 0 spiro atoms. The summed E-state index contributed by atoms with van der Waals surface area (Å²) in [6.07, 6.45) is -0.549. The monoisotopic (exact) mass is 360 g/mol. The van der Waals surface area contributed by atoms with Crippen molar-refractivity contribution in [2.24, 2.45) is 0 Å². The van der Waals surface area contributed by atoms with Crippen molar-refractivity contribution < 1.29 is 15.3 Å². The third-order valence-electron chi connectivity index (χ3n) is 3.97. The van der Waals surface area contributed by atoms with Gasteiger partial charge in [0.1, 0.15) is 0 Å². The second kappa shape index (κ2) is 10.5. The van der Waals surface area contributed by atoms with Gasteiger partial charge in [-0.05, 0) is 48.5 Å². The van der Waals surface area contributed by atoms with Crippen LogP contribution < -0.4 is 21.3 Å². The number of nitrogens with one attached hydrogen (secondary N) is 2. The largest absolute Gasteiger partial charge is 0.399 e. The Kier molecular flexibility index (Phi) is 8.01. The van der Waals surface area contributed by atoms with Gasteiger partial charge in [0.25, 0.3) is 0 Å². The van der Waals surface area contributed by atoms with Crippen LogP contribution in [-0.2, 0) is 0 Å². The van der Waals surface area contributed by atoms with Gasteiger partial charge in [-0.1, -0.05) is 0 Å². The predicted molar refractivity (Wildman–Crippen MR) is 107 cm³/mol. The summed E-state index contributed by atoms with van der Waals surface area (Å²) in [5, 5.41) is 34.6. The number of benzene rings is 2. The average Bonchev–Trinajstić information content (AvgIpc) is 2.66. The van der Waals surface area contributed by atoms with Crippen molar-refractivity contribution >= 4 is 22.7 Å². The van der Waals surface area contributed by atoms with Gasteiger partial charge in [0.15, 0.2) is 0 Å². The zero-order valence-corrected chi connectivity index (χ0v) is 14.8. The minimum Gasteiger partial charge on any atom is -0.399 e. The molecule has 0 fully saturated rings. The fourth-order valence-corrected chi connectivity index (χ4v) is 2.55. The lowest BCUT2D eigenvalue weighted by atomic mass is 10.2. The molecule has 0 aliphatic rings. The number of nitrogens with two attached hydrogens (primary N) is 1. The first-order valence-corrected chi connectivity index (χ1v) is 8.70. The van der Waals surface area contributed by atoms with E-state index in [2.05, 4.69) is 10.6 Å². The first-order chi connectivity index (χ1) is 12.6. The summed E-state index contributed by atoms with van der Waals surface area (Å²) in [7, 11) is 0. The molecule has 0 amide bonds.